The van der Waals surface area contributed by atoms with E-state index in [1.807, 2.05) is 0 Å². The molecule has 0 fully saturated rings. The van der Waals surface area contributed by atoms with Crippen LogP contribution in [-0.4, -0.2) is 8.75 Å². The SMILES string of the molecule is Br[C@H]1C=C[C@@H](I)CC1. The molecule has 0 unspecified atom stereocenters. The lowest BCUT2D eigenvalue weighted by Gasteiger charge is -2.12. The lowest BCUT2D eigenvalue weighted by atomic mass is 10.1. The van der Waals surface area contributed by atoms with Crippen LogP contribution in [0.2, 0.25) is 0 Å². The third kappa shape index (κ3) is 2.05. The summed E-state index contributed by atoms with van der Waals surface area (Å²) in [5, 5.41) is 0. The van der Waals surface area contributed by atoms with Gasteiger partial charge in [0.25, 0.3) is 0 Å². The molecule has 1 aliphatic carbocycles. The van der Waals surface area contributed by atoms with Crippen molar-refractivity contribution in [3.05, 3.63) is 12.2 Å². The fourth-order valence-corrected chi connectivity index (χ4v) is 1.79. The summed E-state index contributed by atoms with van der Waals surface area (Å²) in [6.45, 7) is 0. The quantitative estimate of drug-likeness (QED) is 0.365. The minimum atomic E-state index is 0.647. The number of hydrogen-bond acceptors (Lipinski definition) is 0. The van der Waals surface area contributed by atoms with Gasteiger partial charge in [0.05, 0.1) is 0 Å². The first-order valence-corrected chi connectivity index (χ1v) is 4.91. The molecule has 0 saturated heterocycles. The van der Waals surface area contributed by atoms with Gasteiger partial charge in [-0.25, -0.2) is 0 Å². The van der Waals surface area contributed by atoms with Gasteiger partial charge in [-0.3, -0.25) is 0 Å². The molecule has 0 amide bonds. The van der Waals surface area contributed by atoms with Gasteiger partial charge < -0.3 is 0 Å². The highest BCUT2D eigenvalue weighted by molar-refractivity contribution is 14.1. The van der Waals surface area contributed by atoms with E-state index >= 15 is 0 Å². The predicted octanol–water partition coefficient (Wildman–Crippen LogP) is 2.90. The van der Waals surface area contributed by atoms with Crippen LogP contribution in [0.25, 0.3) is 0 Å². The molecule has 1 rings (SSSR count). The van der Waals surface area contributed by atoms with Crippen molar-refractivity contribution in [3.8, 4) is 0 Å². The van der Waals surface area contributed by atoms with E-state index in [2.05, 4.69) is 50.7 Å². The van der Waals surface area contributed by atoms with E-state index in [1.165, 1.54) is 12.8 Å². The van der Waals surface area contributed by atoms with E-state index in [9.17, 15) is 0 Å². The van der Waals surface area contributed by atoms with Crippen LogP contribution in [0.5, 0.6) is 0 Å². The number of hydrogen-bond donors (Lipinski definition) is 0. The van der Waals surface area contributed by atoms with Gasteiger partial charge in [0, 0.05) is 8.75 Å². The van der Waals surface area contributed by atoms with Crippen molar-refractivity contribution in [2.45, 2.75) is 21.6 Å². The summed E-state index contributed by atoms with van der Waals surface area (Å²) in [5.74, 6) is 0. The van der Waals surface area contributed by atoms with E-state index in [-0.39, 0.29) is 0 Å². The van der Waals surface area contributed by atoms with E-state index < -0.39 is 0 Å². The number of alkyl halides is 2. The molecule has 0 nitrogen and oxygen atoms in total. The minimum Gasteiger partial charge on any atom is -0.0845 e. The van der Waals surface area contributed by atoms with Crippen LogP contribution >= 0.6 is 38.5 Å². The van der Waals surface area contributed by atoms with Crippen LogP contribution < -0.4 is 0 Å². The summed E-state index contributed by atoms with van der Waals surface area (Å²) >= 11 is 5.98. The molecule has 0 N–H and O–H groups in total. The second-order valence-electron chi connectivity index (χ2n) is 1.99. The van der Waals surface area contributed by atoms with Gasteiger partial charge in [-0.05, 0) is 12.8 Å². The Balaban J connectivity index is 2.42. The van der Waals surface area contributed by atoms with Crippen molar-refractivity contribution in [3.63, 3.8) is 0 Å². The Morgan fingerprint density at radius 2 is 2.12 bits per heavy atom. The van der Waals surface area contributed by atoms with Gasteiger partial charge in [-0.1, -0.05) is 50.7 Å². The van der Waals surface area contributed by atoms with Crippen molar-refractivity contribution in [1.82, 2.24) is 0 Å². The smallest absolute Gasteiger partial charge is 0.0326 e. The highest BCUT2D eigenvalue weighted by Gasteiger charge is 2.08. The molecule has 0 aromatic heterocycles. The van der Waals surface area contributed by atoms with Crippen molar-refractivity contribution in [2.24, 2.45) is 0 Å². The molecule has 0 heterocycles. The van der Waals surface area contributed by atoms with Crippen LogP contribution in [0.4, 0.5) is 0 Å². The van der Waals surface area contributed by atoms with Gasteiger partial charge in [0.1, 0.15) is 0 Å². The molecule has 0 aromatic rings. The monoisotopic (exact) mass is 286 g/mol. The molecule has 0 bridgehead atoms. The third-order valence-electron chi connectivity index (χ3n) is 1.25. The second-order valence-corrected chi connectivity index (χ2v) is 4.77. The van der Waals surface area contributed by atoms with Crippen molar-refractivity contribution in [2.75, 3.05) is 0 Å². The molecule has 0 radical (unpaired) electrons. The molecule has 0 spiro atoms. The van der Waals surface area contributed by atoms with E-state index in [4.69, 9.17) is 0 Å². The summed E-state index contributed by atoms with van der Waals surface area (Å²) in [7, 11) is 0. The first kappa shape index (κ1) is 7.06. The molecule has 8 heavy (non-hydrogen) atoms. The standard InChI is InChI=1S/C6H8BrI/c7-5-1-3-6(8)4-2-5/h1,3,5-6H,2,4H2/t5-,6+/m0/s1. The molecular weight excluding hydrogens is 279 g/mol. The average molecular weight is 287 g/mol. The molecular formula is C6H8BrI. The highest BCUT2D eigenvalue weighted by atomic mass is 127. The Morgan fingerprint density at radius 1 is 1.38 bits per heavy atom. The van der Waals surface area contributed by atoms with E-state index in [0.29, 0.717) is 4.83 Å². The maximum absolute atomic E-state index is 3.53. The number of allylic oxidation sites excluding steroid dienone is 2. The number of rotatable bonds is 0. The van der Waals surface area contributed by atoms with E-state index in [0.717, 1.165) is 3.92 Å². The zero-order chi connectivity index (χ0) is 5.98. The van der Waals surface area contributed by atoms with Crippen molar-refractivity contribution in [1.29, 1.82) is 0 Å². The third-order valence-corrected chi connectivity index (χ3v) is 3.05. The molecule has 2 heteroatoms. The van der Waals surface area contributed by atoms with Crippen LogP contribution in [-0.2, 0) is 0 Å². The van der Waals surface area contributed by atoms with Gasteiger partial charge in [-0.15, -0.1) is 0 Å². The predicted molar refractivity (Wildman–Crippen MR) is 48.9 cm³/mol. The summed E-state index contributed by atoms with van der Waals surface area (Å²) in [4.78, 5) is 0.647. The fourth-order valence-electron chi connectivity index (χ4n) is 0.752. The first-order chi connectivity index (χ1) is 3.79. The largest absolute Gasteiger partial charge is 0.0845 e. The highest BCUT2D eigenvalue weighted by Crippen LogP contribution is 2.22. The van der Waals surface area contributed by atoms with Crippen LogP contribution in [0.3, 0.4) is 0 Å². The summed E-state index contributed by atoms with van der Waals surface area (Å²) in [5.41, 5.74) is 0. The molecule has 1 aliphatic rings. The normalized spacial score (nSPS) is 37.8. The van der Waals surface area contributed by atoms with E-state index in [1.54, 1.807) is 0 Å². The Hall–Kier alpha value is 0.950. The van der Waals surface area contributed by atoms with Crippen LogP contribution in [0.15, 0.2) is 12.2 Å². The summed E-state index contributed by atoms with van der Waals surface area (Å²) in [6.07, 6.45) is 7.13. The molecule has 0 aliphatic heterocycles. The Bertz CT molecular complexity index is 88.7. The van der Waals surface area contributed by atoms with Gasteiger partial charge in [-0.2, -0.15) is 0 Å². The fraction of sp³-hybridized carbons (Fsp3) is 0.667. The molecule has 0 saturated carbocycles. The van der Waals surface area contributed by atoms with Crippen molar-refractivity contribution < 1.29 is 0 Å². The number of halogens is 2. The maximum Gasteiger partial charge on any atom is 0.0326 e. The van der Waals surface area contributed by atoms with Crippen LogP contribution in [0.1, 0.15) is 12.8 Å². The average Bonchev–Trinajstić information content (AvgIpc) is 1.77. The summed E-state index contributed by atoms with van der Waals surface area (Å²) in [6, 6.07) is 0. The lowest BCUT2D eigenvalue weighted by Crippen LogP contribution is -2.05. The Morgan fingerprint density at radius 3 is 2.50 bits per heavy atom. The molecule has 2 atom stereocenters. The lowest BCUT2D eigenvalue weighted by molar-refractivity contribution is 0.773. The van der Waals surface area contributed by atoms with Crippen LogP contribution in [0, 0.1) is 0 Å². The Labute approximate surface area is 72.0 Å². The van der Waals surface area contributed by atoms with Crippen molar-refractivity contribution >= 4 is 38.5 Å². The Kier molecular flexibility index (Phi) is 2.83. The zero-order valence-electron chi connectivity index (χ0n) is 4.48. The van der Waals surface area contributed by atoms with Gasteiger partial charge in [0.2, 0.25) is 0 Å². The first-order valence-electron chi connectivity index (χ1n) is 2.75. The maximum atomic E-state index is 3.53. The second kappa shape index (κ2) is 3.20. The molecule has 46 valence electrons. The van der Waals surface area contributed by atoms with Gasteiger partial charge >= 0.3 is 0 Å². The minimum absolute atomic E-state index is 0.647. The molecule has 0 aromatic carbocycles. The summed E-state index contributed by atoms with van der Waals surface area (Å²) < 4.78 is 0.779. The topological polar surface area (TPSA) is 0 Å². The zero-order valence-corrected chi connectivity index (χ0v) is 8.22. The van der Waals surface area contributed by atoms with Gasteiger partial charge in [0.15, 0.2) is 0 Å².